The highest BCUT2D eigenvalue weighted by Crippen LogP contribution is 2.39. The van der Waals surface area contributed by atoms with Crippen LogP contribution in [0.4, 0.5) is 0 Å². The predicted octanol–water partition coefficient (Wildman–Crippen LogP) is 2.35. The Morgan fingerprint density at radius 1 is 1.07 bits per heavy atom. The first-order valence-electron chi connectivity index (χ1n) is 9.17. The maximum atomic E-state index is 13.0. The number of hydrogen-bond acceptors (Lipinski definition) is 6. The first-order chi connectivity index (χ1) is 14.2. The molecule has 0 fully saturated rings. The minimum absolute atomic E-state index is 0.184. The summed E-state index contributed by atoms with van der Waals surface area (Å²) < 4.78 is 5.70. The Labute approximate surface area is 171 Å². The van der Waals surface area contributed by atoms with Gasteiger partial charge < -0.3 is 4.74 Å². The van der Waals surface area contributed by atoms with E-state index in [9.17, 15) is 4.79 Å². The lowest BCUT2D eigenvalue weighted by Crippen LogP contribution is -2.50. The van der Waals surface area contributed by atoms with Gasteiger partial charge in [0, 0.05) is 10.8 Å². The van der Waals surface area contributed by atoms with Crippen LogP contribution in [0.15, 0.2) is 70.8 Å². The molecule has 0 saturated carbocycles. The fourth-order valence-electron chi connectivity index (χ4n) is 3.83. The van der Waals surface area contributed by atoms with Gasteiger partial charge in [-0.05, 0) is 29.2 Å². The lowest BCUT2D eigenvalue weighted by molar-refractivity contribution is -0.116. The number of amides is 1. The lowest BCUT2D eigenvalue weighted by atomic mass is 9.99. The molecule has 7 heteroatoms. The highest BCUT2D eigenvalue weighted by molar-refractivity contribution is 8.13. The lowest BCUT2D eigenvalue weighted by Gasteiger charge is -2.34. The molecule has 0 aromatic heterocycles. The second-order valence-corrected chi connectivity index (χ2v) is 7.47. The van der Waals surface area contributed by atoms with Crippen LogP contribution in [0.1, 0.15) is 11.7 Å². The zero-order valence-corrected chi connectivity index (χ0v) is 16.7. The Bertz CT molecular complexity index is 1300. The zero-order chi connectivity index (χ0) is 20.0. The SMILES string of the molecule is COc1ccc2ccccc2c1C1N=c2ccccc2=C2C(=O)NC(SC)=NN21. The van der Waals surface area contributed by atoms with Gasteiger partial charge in [0.2, 0.25) is 0 Å². The van der Waals surface area contributed by atoms with Gasteiger partial charge in [0.05, 0.1) is 12.5 Å². The molecule has 2 heterocycles. The highest BCUT2D eigenvalue weighted by atomic mass is 32.2. The van der Waals surface area contributed by atoms with Gasteiger partial charge in [0.15, 0.2) is 11.3 Å². The second kappa shape index (κ2) is 6.93. The van der Waals surface area contributed by atoms with E-state index in [0.29, 0.717) is 16.6 Å². The van der Waals surface area contributed by atoms with Crippen LogP contribution in [0.2, 0.25) is 0 Å². The number of ether oxygens (including phenoxy) is 1. The van der Waals surface area contributed by atoms with E-state index in [-0.39, 0.29) is 5.91 Å². The van der Waals surface area contributed by atoms with Gasteiger partial charge in [-0.1, -0.05) is 60.3 Å². The van der Waals surface area contributed by atoms with E-state index in [2.05, 4.69) is 11.4 Å². The second-order valence-electron chi connectivity index (χ2n) is 6.68. The molecule has 1 unspecified atom stereocenters. The minimum Gasteiger partial charge on any atom is -0.496 e. The Balaban J connectivity index is 1.86. The normalized spacial score (nSPS) is 17.8. The number of hydrazone groups is 1. The molecule has 0 spiro atoms. The molecule has 2 aliphatic rings. The van der Waals surface area contributed by atoms with E-state index < -0.39 is 6.17 Å². The van der Waals surface area contributed by atoms with Crippen molar-refractivity contribution in [3.63, 3.8) is 0 Å². The number of amidine groups is 1. The standard InChI is InChI=1S/C22H18N4O2S/c1-28-17-12-11-13-7-3-4-8-14(13)18(17)20-23-16-10-6-5-9-15(16)19-21(27)24-22(29-2)25-26(19)20/h3-12,20H,1-2H3,(H,24,25,27). The summed E-state index contributed by atoms with van der Waals surface area (Å²) in [6, 6.07) is 19.7. The number of carbonyl (C=O) groups excluding carboxylic acids is 1. The van der Waals surface area contributed by atoms with Crippen molar-refractivity contribution in [3.05, 3.63) is 76.8 Å². The number of carbonyl (C=O) groups is 1. The molecule has 6 nitrogen and oxygen atoms in total. The van der Waals surface area contributed by atoms with Crippen LogP contribution in [-0.2, 0) is 4.79 Å². The summed E-state index contributed by atoms with van der Waals surface area (Å²) in [5.41, 5.74) is 1.38. The molecule has 0 aliphatic carbocycles. The number of rotatable bonds is 2. The Morgan fingerprint density at radius 3 is 2.69 bits per heavy atom. The number of hydrogen-bond donors (Lipinski definition) is 1. The number of methoxy groups -OCH3 is 1. The smallest absolute Gasteiger partial charge is 0.276 e. The first kappa shape index (κ1) is 17.8. The molecule has 0 bridgehead atoms. The summed E-state index contributed by atoms with van der Waals surface area (Å²) in [6.07, 6.45) is 1.36. The number of fused-ring (bicyclic) bond motifs is 3. The molecule has 0 saturated heterocycles. The van der Waals surface area contributed by atoms with Crippen LogP contribution in [0, 0.1) is 0 Å². The van der Waals surface area contributed by atoms with Crippen molar-refractivity contribution >= 4 is 39.3 Å². The third-order valence-electron chi connectivity index (χ3n) is 5.12. The van der Waals surface area contributed by atoms with Crippen LogP contribution >= 0.6 is 11.8 Å². The molecule has 0 radical (unpaired) electrons. The molecule has 144 valence electrons. The molecule has 3 aromatic carbocycles. The van der Waals surface area contributed by atoms with Crippen LogP contribution < -0.4 is 20.6 Å². The van der Waals surface area contributed by atoms with E-state index in [4.69, 9.17) is 14.8 Å². The molecule has 1 N–H and O–H groups in total. The zero-order valence-electron chi connectivity index (χ0n) is 15.9. The summed E-state index contributed by atoms with van der Waals surface area (Å²) in [7, 11) is 1.65. The van der Waals surface area contributed by atoms with Crippen LogP contribution in [0.3, 0.4) is 0 Å². The molecule has 1 atom stereocenters. The third kappa shape index (κ3) is 2.77. The maximum Gasteiger partial charge on any atom is 0.276 e. The van der Waals surface area contributed by atoms with Crippen molar-refractivity contribution in [1.29, 1.82) is 0 Å². The highest BCUT2D eigenvalue weighted by Gasteiger charge is 2.36. The molecule has 29 heavy (non-hydrogen) atoms. The van der Waals surface area contributed by atoms with Crippen molar-refractivity contribution in [3.8, 4) is 5.75 Å². The van der Waals surface area contributed by atoms with Gasteiger partial charge in [-0.15, -0.1) is 5.10 Å². The van der Waals surface area contributed by atoms with Gasteiger partial charge in [-0.2, -0.15) is 0 Å². The van der Waals surface area contributed by atoms with Gasteiger partial charge in [-0.3, -0.25) is 15.1 Å². The van der Waals surface area contributed by atoms with E-state index in [1.165, 1.54) is 11.8 Å². The van der Waals surface area contributed by atoms with E-state index >= 15 is 0 Å². The fraction of sp³-hybridized carbons (Fsp3) is 0.136. The molecule has 5 rings (SSSR count). The van der Waals surface area contributed by atoms with Gasteiger partial charge in [0.1, 0.15) is 11.4 Å². The Kier molecular flexibility index (Phi) is 4.24. The van der Waals surface area contributed by atoms with E-state index in [0.717, 1.165) is 26.9 Å². The predicted molar refractivity (Wildman–Crippen MR) is 115 cm³/mol. The van der Waals surface area contributed by atoms with Gasteiger partial charge in [0.25, 0.3) is 5.91 Å². The molecule has 3 aromatic rings. The molecular formula is C22H18N4O2S. The number of thioether (sulfide) groups is 1. The summed E-state index contributed by atoms with van der Waals surface area (Å²) >= 11 is 1.39. The Morgan fingerprint density at radius 2 is 1.86 bits per heavy atom. The summed E-state index contributed by atoms with van der Waals surface area (Å²) in [6.45, 7) is 0. The quantitative estimate of drug-likeness (QED) is 0.715. The largest absolute Gasteiger partial charge is 0.496 e. The van der Waals surface area contributed by atoms with Crippen molar-refractivity contribution < 1.29 is 9.53 Å². The summed E-state index contributed by atoms with van der Waals surface area (Å²) in [5, 5.41) is 13.5. The Hall–Kier alpha value is -3.32. The van der Waals surface area contributed by atoms with Crippen LogP contribution in [0.25, 0.3) is 16.5 Å². The van der Waals surface area contributed by atoms with Crippen molar-refractivity contribution in [2.24, 2.45) is 10.1 Å². The van der Waals surface area contributed by atoms with Gasteiger partial charge >= 0.3 is 0 Å². The number of benzene rings is 3. The minimum atomic E-state index is -0.519. The van der Waals surface area contributed by atoms with Crippen LogP contribution in [0.5, 0.6) is 5.75 Å². The van der Waals surface area contributed by atoms with Gasteiger partial charge in [-0.25, -0.2) is 5.01 Å². The maximum absolute atomic E-state index is 13.0. The summed E-state index contributed by atoms with van der Waals surface area (Å²) in [4.78, 5) is 18.0. The number of nitrogens with zero attached hydrogens (tertiary/aromatic N) is 3. The fourth-order valence-corrected chi connectivity index (χ4v) is 4.19. The average molecular weight is 402 g/mol. The number of nitrogens with one attached hydrogen (secondary N) is 1. The van der Waals surface area contributed by atoms with E-state index in [1.807, 2.05) is 60.9 Å². The van der Waals surface area contributed by atoms with E-state index in [1.54, 1.807) is 12.1 Å². The topological polar surface area (TPSA) is 66.3 Å². The van der Waals surface area contributed by atoms with Crippen molar-refractivity contribution in [2.45, 2.75) is 6.17 Å². The average Bonchev–Trinajstić information content (AvgIpc) is 2.77. The monoisotopic (exact) mass is 402 g/mol. The molecule has 1 amide bonds. The van der Waals surface area contributed by atoms with Crippen molar-refractivity contribution in [1.82, 2.24) is 10.3 Å². The van der Waals surface area contributed by atoms with Crippen LogP contribution in [-0.4, -0.2) is 29.4 Å². The molecule has 2 aliphatic heterocycles. The molecular weight excluding hydrogens is 384 g/mol. The summed E-state index contributed by atoms with van der Waals surface area (Å²) in [5.74, 6) is 0.527. The first-order valence-corrected chi connectivity index (χ1v) is 10.4. The third-order valence-corrected chi connectivity index (χ3v) is 5.69. The van der Waals surface area contributed by atoms with Crippen molar-refractivity contribution in [2.75, 3.05) is 13.4 Å². The number of para-hydroxylation sites is 1.